The van der Waals surface area contributed by atoms with Crippen LogP contribution in [0.25, 0.3) is 0 Å². The molecule has 0 saturated heterocycles. The number of nitrogens with one attached hydrogen (secondary N) is 1. The second-order valence-corrected chi connectivity index (χ2v) is 4.74. The van der Waals surface area contributed by atoms with Gasteiger partial charge in [-0.3, -0.25) is 0 Å². The molecule has 0 aliphatic heterocycles. The third kappa shape index (κ3) is 4.07. The van der Waals surface area contributed by atoms with Crippen LogP contribution in [0.2, 0.25) is 0 Å². The minimum atomic E-state index is -0.152. The number of phenols is 1. The fourth-order valence-electron chi connectivity index (χ4n) is 1.97. The summed E-state index contributed by atoms with van der Waals surface area (Å²) in [4.78, 5) is 0. The lowest BCUT2D eigenvalue weighted by molar-refractivity contribution is 0.474. The van der Waals surface area contributed by atoms with E-state index in [0.717, 1.165) is 11.1 Å². The van der Waals surface area contributed by atoms with Crippen molar-refractivity contribution in [3.05, 3.63) is 65.5 Å². The predicted octanol–water partition coefficient (Wildman–Crippen LogP) is 3.25. The molecule has 0 spiro atoms. The molecule has 1 unspecified atom stereocenters. The van der Waals surface area contributed by atoms with Crippen LogP contribution in [0.3, 0.4) is 0 Å². The molecule has 2 rings (SSSR count). The van der Waals surface area contributed by atoms with Crippen LogP contribution in [0.1, 0.15) is 18.1 Å². The Morgan fingerprint density at radius 2 is 1.79 bits per heavy atom. The van der Waals surface area contributed by atoms with E-state index in [1.807, 2.05) is 31.2 Å². The average molecular weight is 259 g/mol. The smallest absolute Gasteiger partial charge is 0.126 e. The van der Waals surface area contributed by atoms with Crippen LogP contribution in [0.4, 0.5) is 4.39 Å². The van der Waals surface area contributed by atoms with Gasteiger partial charge in [0.25, 0.3) is 0 Å². The van der Waals surface area contributed by atoms with Crippen molar-refractivity contribution in [2.75, 3.05) is 0 Å². The van der Waals surface area contributed by atoms with Crippen molar-refractivity contribution in [2.45, 2.75) is 25.9 Å². The van der Waals surface area contributed by atoms with Crippen molar-refractivity contribution in [1.82, 2.24) is 5.32 Å². The predicted molar refractivity (Wildman–Crippen MR) is 74.5 cm³/mol. The summed E-state index contributed by atoms with van der Waals surface area (Å²) in [6.45, 7) is 2.74. The Hall–Kier alpha value is -1.87. The van der Waals surface area contributed by atoms with Gasteiger partial charge in [-0.05, 0) is 42.7 Å². The van der Waals surface area contributed by atoms with E-state index in [9.17, 15) is 9.50 Å². The Balaban J connectivity index is 1.86. The molecule has 1 atom stereocenters. The second-order valence-electron chi connectivity index (χ2n) is 4.74. The van der Waals surface area contributed by atoms with Crippen molar-refractivity contribution in [3.63, 3.8) is 0 Å². The van der Waals surface area contributed by atoms with E-state index in [2.05, 4.69) is 5.32 Å². The molecule has 100 valence electrons. The number of aromatic hydroxyl groups is 1. The molecule has 0 aliphatic rings. The summed E-state index contributed by atoms with van der Waals surface area (Å²) in [5.74, 6) is 0.115. The van der Waals surface area contributed by atoms with E-state index >= 15 is 0 Å². The number of hydrogen-bond acceptors (Lipinski definition) is 2. The molecular weight excluding hydrogens is 241 g/mol. The lowest BCUT2D eigenvalue weighted by Crippen LogP contribution is -2.27. The number of benzene rings is 2. The highest BCUT2D eigenvalue weighted by Crippen LogP contribution is 2.11. The van der Waals surface area contributed by atoms with Crippen LogP contribution in [-0.4, -0.2) is 11.1 Å². The first-order chi connectivity index (χ1) is 9.15. The molecule has 0 heterocycles. The molecule has 0 aliphatic carbocycles. The largest absolute Gasteiger partial charge is 0.508 e. The maximum atomic E-state index is 13.5. The summed E-state index contributed by atoms with van der Waals surface area (Å²) < 4.78 is 13.5. The van der Waals surface area contributed by atoms with Crippen LogP contribution in [0, 0.1) is 5.82 Å². The summed E-state index contributed by atoms with van der Waals surface area (Å²) in [7, 11) is 0. The highest BCUT2D eigenvalue weighted by Gasteiger charge is 2.06. The maximum absolute atomic E-state index is 13.5. The Morgan fingerprint density at radius 1 is 1.11 bits per heavy atom. The summed E-state index contributed by atoms with van der Waals surface area (Å²) in [6.07, 6.45) is 0.657. The SMILES string of the molecule is CC(Cc1ccccc1F)NCc1ccc(O)cc1. The van der Waals surface area contributed by atoms with Gasteiger partial charge in [0.05, 0.1) is 0 Å². The zero-order chi connectivity index (χ0) is 13.7. The van der Waals surface area contributed by atoms with Crippen molar-refractivity contribution in [3.8, 4) is 5.75 Å². The number of hydrogen-bond donors (Lipinski definition) is 2. The van der Waals surface area contributed by atoms with E-state index in [0.29, 0.717) is 13.0 Å². The normalized spacial score (nSPS) is 12.3. The van der Waals surface area contributed by atoms with Gasteiger partial charge in [-0.25, -0.2) is 4.39 Å². The highest BCUT2D eigenvalue weighted by atomic mass is 19.1. The van der Waals surface area contributed by atoms with Crippen molar-refractivity contribution in [1.29, 1.82) is 0 Å². The van der Waals surface area contributed by atoms with Crippen LogP contribution < -0.4 is 5.32 Å². The first-order valence-corrected chi connectivity index (χ1v) is 6.40. The molecule has 3 heteroatoms. The Kier molecular flexibility index (Phi) is 4.53. The molecule has 0 bridgehead atoms. The topological polar surface area (TPSA) is 32.3 Å². The molecule has 0 saturated carbocycles. The highest BCUT2D eigenvalue weighted by molar-refractivity contribution is 5.25. The van der Waals surface area contributed by atoms with Gasteiger partial charge in [0.1, 0.15) is 11.6 Å². The number of phenolic OH excluding ortho intramolecular Hbond substituents is 1. The average Bonchev–Trinajstić information content (AvgIpc) is 2.41. The third-order valence-electron chi connectivity index (χ3n) is 3.07. The quantitative estimate of drug-likeness (QED) is 0.864. The summed E-state index contributed by atoms with van der Waals surface area (Å²) in [6, 6.07) is 14.1. The van der Waals surface area contributed by atoms with Gasteiger partial charge >= 0.3 is 0 Å². The molecule has 2 aromatic rings. The molecule has 0 aromatic heterocycles. The molecule has 2 N–H and O–H groups in total. The fourth-order valence-corrected chi connectivity index (χ4v) is 1.97. The van der Waals surface area contributed by atoms with Crippen LogP contribution in [0.15, 0.2) is 48.5 Å². The summed E-state index contributed by atoms with van der Waals surface area (Å²) in [5, 5.41) is 12.5. The summed E-state index contributed by atoms with van der Waals surface area (Å²) in [5.41, 5.74) is 1.83. The first-order valence-electron chi connectivity index (χ1n) is 6.40. The van der Waals surface area contributed by atoms with Gasteiger partial charge in [-0.1, -0.05) is 30.3 Å². The lowest BCUT2D eigenvalue weighted by atomic mass is 10.1. The molecule has 0 radical (unpaired) electrons. The Labute approximate surface area is 112 Å². The molecular formula is C16H18FNO. The Bertz CT molecular complexity index is 525. The van der Waals surface area contributed by atoms with E-state index < -0.39 is 0 Å². The minimum absolute atomic E-state index is 0.152. The number of halogens is 1. The first kappa shape index (κ1) is 13.6. The zero-order valence-corrected chi connectivity index (χ0v) is 10.9. The van der Waals surface area contributed by atoms with Gasteiger partial charge in [0, 0.05) is 12.6 Å². The Morgan fingerprint density at radius 3 is 2.47 bits per heavy atom. The third-order valence-corrected chi connectivity index (χ3v) is 3.07. The van der Waals surface area contributed by atoms with Crippen molar-refractivity contribution >= 4 is 0 Å². The monoisotopic (exact) mass is 259 g/mol. The maximum Gasteiger partial charge on any atom is 0.126 e. The second kappa shape index (κ2) is 6.34. The van der Waals surface area contributed by atoms with Gasteiger partial charge < -0.3 is 10.4 Å². The standard InChI is InChI=1S/C16H18FNO/c1-12(10-14-4-2-3-5-16(14)17)18-11-13-6-8-15(19)9-7-13/h2-9,12,18-19H,10-11H2,1H3. The van der Waals surface area contributed by atoms with Gasteiger partial charge in [-0.15, -0.1) is 0 Å². The lowest BCUT2D eigenvalue weighted by Gasteiger charge is -2.14. The minimum Gasteiger partial charge on any atom is -0.508 e. The molecule has 0 amide bonds. The fraction of sp³-hybridized carbons (Fsp3) is 0.250. The van der Waals surface area contributed by atoms with E-state index in [-0.39, 0.29) is 17.6 Å². The zero-order valence-electron chi connectivity index (χ0n) is 10.9. The molecule has 19 heavy (non-hydrogen) atoms. The molecule has 0 fully saturated rings. The van der Waals surface area contributed by atoms with Crippen LogP contribution >= 0.6 is 0 Å². The van der Waals surface area contributed by atoms with E-state index in [4.69, 9.17) is 0 Å². The van der Waals surface area contributed by atoms with Crippen molar-refractivity contribution in [2.24, 2.45) is 0 Å². The van der Waals surface area contributed by atoms with Crippen LogP contribution in [0.5, 0.6) is 5.75 Å². The van der Waals surface area contributed by atoms with Gasteiger partial charge in [0.2, 0.25) is 0 Å². The van der Waals surface area contributed by atoms with Crippen molar-refractivity contribution < 1.29 is 9.50 Å². The van der Waals surface area contributed by atoms with E-state index in [1.165, 1.54) is 6.07 Å². The molecule has 2 nitrogen and oxygen atoms in total. The summed E-state index contributed by atoms with van der Waals surface area (Å²) >= 11 is 0. The molecule has 2 aromatic carbocycles. The van der Waals surface area contributed by atoms with E-state index in [1.54, 1.807) is 18.2 Å². The van der Waals surface area contributed by atoms with Gasteiger partial charge in [0.15, 0.2) is 0 Å². The van der Waals surface area contributed by atoms with Crippen LogP contribution in [-0.2, 0) is 13.0 Å². The van der Waals surface area contributed by atoms with Gasteiger partial charge in [-0.2, -0.15) is 0 Å². The number of rotatable bonds is 5.